The summed E-state index contributed by atoms with van der Waals surface area (Å²) in [6.07, 6.45) is -0.450. The lowest BCUT2D eigenvalue weighted by atomic mass is 10.1. The highest BCUT2D eigenvalue weighted by molar-refractivity contribution is 14.1. The van der Waals surface area contributed by atoms with Crippen molar-refractivity contribution in [1.82, 2.24) is 4.90 Å². The second-order valence-electron chi connectivity index (χ2n) is 4.83. The van der Waals surface area contributed by atoms with Crippen LogP contribution in [0.1, 0.15) is 17.2 Å². The molecule has 2 aromatic rings. The van der Waals surface area contributed by atoms with E-state index in [1.807, 2.05) is 37.4 Å². The summed E-state index contributed by atoms with van der Waals surface area (Å²) in [5.74, 6) is 0. The maximum Gasteiger partial charge on any atom is 0.0927 e. The zero-order chi connectivity index (χ0) is 14.5. The van der Waals surface area contributed by atoms with Crippen LogP contribution in [0.3, 0.4) is 0 Å². The van der Waals surface area contributed by atoms with Crippen molar-refractivity contribution in [2.24, 2.45) is 0 Å². The molecule has 2 nitrogen and oxygen atoms in total. The first-order chi connectivity index (χ1) is 9.58. The zero-order valence-electron chi connectivity index (χ0n) is 11.3. The monoisotopic (exact) mass is 493 g/mol. The summed E-state index contributed by atoms with van der Waals surface area (Å²) in [5.41, 5.74) is 2.30. The summed E-state index contributed by atoms with van der Waals surface area (Å²) in [4.78, 5) is 2.16. The molecule has 0 aliphatic heterocycles. The molecule has 0 unspecified atom stereocenters. The quantitative estimate of drug-likeness (QED) is 0.636. The lowest BCUT2D eigenvalue weighted by Gasteiger charge is -2.22. The van der Waals surface area contributed by atoms with Crippen molar-refractivity contribution in [3.63, 3.8) is 0 Å². The molecule has 0 spiro atoms. The first-order valence-electron chi connectivity index (χ1n) is 6.42. The number of hydrogen-bond acceptors (Lipinski definition) is 2. The van der Waals surface area contributed by atoms with Gasteiger partial charge < -0.3 is 5.11 Å². The third kappa shape index (κ3) is 4.41. The van der Waals surface area contributed by atoms with Gasteiger partial charge in [0.2, 0.25) is 0 Å². The molecule has 2 rings (SSSR count). The standard InChI is InChI=1S/C16H17I2NO/c1-19(10-12-6-2-4-8-14(12)17)11-16(20)13-7-3-5-9-15(13)18/h2-9,16,20H,10-11H2,1H3/t16-/m1/s1. The third-order valence-electron chi connectivity index (χ3n) is 3.15. The lowest BCUT2D eigenvalue weighted by Crippen LogP contribution is -2.25. The van der Waals surface area contributed by atoms with Crippen molar-refractivity contribution in [2.75, 3.05) is 13.6 Å². The van der Waals surface area contributed by atoms with Gasteiger partial charge in [0.1, 0.15) is 0 Å². The molecule has 1 atom stereocenters. The zero-order valence-corrected chi connectivity index (χ0v) is 15.6. The van der Waals surface area contributed by atoms with Crippen LogP contribution in [0.4, 0.5) is 0 Å². The van der Waals surface area contributed by atoms with E-state index >= 15 is 0 Å². The number of halogens is 2. The molecule has 0 fully saturated rings. The van der Waals surface area contributed by atoms with E-state index in [-0.39, 0.29) is 0 Å². The molecule has 1 N–H and O–H groups in total. The Morgan fingerprint density at radius 3 is 2.25 bits per heavy atom. The maximum atomic E-state index is 10.4. The molecule has 0 aliphatic rings. The van der Waals surface area contributed by atoms with Gasteiger partial charge in [-0.05, 0) is 75.5 Å². The van der Waals surface area contributed by atoms with Crippen LogP contribution in [-0.2, 0) is 6.54 Å². The number of nitrogens with zero attached hydrogens (tertiary/aromatic N) is 1. The van der Waals surface area contributed by atoms with Crippen LogP contribution < -0.4 is 0 Å². The predicted molar refractivity (Wildman–Crippen MR) is 99.6 cm³/mol. The second kappa shape index (κ2) is 7.72. The van der Waals surface area contributed by atoms with Gasteiger partial charge in [0.15, 0.2) is 0 Å². The van der Waals surface area contributed by atoms with E-state index in [1.54, 1.807) is 0 Å². The van der Waals surface area contributed by atoms with Crippen molar-refractivity contribution in [1.29, 1.82) is 0 Å². The molecule has 106 valence electrons. The molecule has 2 aromatic carbocycles. The third-order valence-corrected chi connectivity index (χ3v) is 5.18. The van der Waals surface area contributed by atoms with Gasteiger partial charge >= 0.3 is 0 Å². The number of likely N-dealkylation sites (N-methyl/N-ethyl adjacent to an activating group) is 1. The summed E-state index contributed by atoms with van der Waals surface area (Å²) in [6, 6.07) is 16.3. The number of hydrogen-bond donors (Lipinski definition) is 1. The molecule has 4 heteroatoms. The number of aliphatic hydroxyl groups is 1. The van der Waals surface area contributed by atoms with E-state index in [9.17, 15) is 5.11 Å². The van der Waals surface area contributed by atoms with Crippen LogP contribution in [0.5, 0.6) is 0 Å². The first-order valence-corrected chi connectivity index (χ1v) is 8.58. The molecule has 0 saturated carbocycles. The molecule has 0 aliphatic carbocycles. The highest BCUT2D eigenvalue weighted by atomic mass is 127. The number of aliphatic hydroxyl groups excluding tert-OH is 1. The summed E-state index contributed by atoms with van der Waals surface area (Å²) in [5, 5.41) is 10.4. The van der Waals surface area contributed by atoms with E-state index in [0.29, 0.717) is 6.54 Å². The van der Waals surface area contributed by atoms with Gasteiger partial charge in [0, 0.05) is 20.2 Å². The summed E-state index contributed by atoms with van der Waals surface area (Å²) in [6.45, 7) is 1.48. The molecule has 0 bridgehead atoms. The predicted octanol–water partition coefficient (Wildman–Crippen LogP) is 4.06. The van der Waals surface area contributed by atoms with Crippen LogP contribution >= 0.6 is 45.2 Å². The molecule has 0 radical (unpaired) electrons. The highest BCUT2D eigenvalue weighted by Gasteiger charge is 2.14. The van der Waals surface area contributed by atoms with Crippen LogP contribution in [0, 0.1) is 7.14 Å². The Kier molecular flexibility index (Phi) is 6.25. The smallest absolute Gasteiger partial charge is 0.0927 e. The fourth-order valence-electron chi connectivity index (χ4n) is 2.12. The van der Waals surface area contributed by atoms with Gasteiger partial charge in [-0.3, -0.25) is 4.90 Å². The minimum Gasteiger partial charge on any atom is -0.387 e. The molecular formula is C16H17I2NO. The highest BCUT2D eigenvalue weighted by Crippen LogP contribution is 2.21. The van der Waals surface area contributed by atoms with Crippen molar-refractivity contribution >= 4 is 45.2 Å². The van der Waals surface area contributed by atoms with Crippen LogP contribution in [-0.4, -0.2) is 23.6 Å². The SMILES string of the molecule is CN(Cc1ccccc1I)C[C@@H](O)c1ccccc1I. The normalized spacial score (nSPS) is 12.7. The van der Waals surface area contributed by atoms with Crippen LogP contribution in [0.2, 0.25) is 0 Å². The van der Waals surface area contributed by atoms with Crippen molar-refractivity contribution in [3.8, 4) is 0 Å². The molecule has 0 saturated heterocycles. The van der Waals surface area contributed by atoms with E-state index in [0.717, 1.165) is 15.7 Å². The molecule has 0 heterocycles. The molecule has 0 aromatic heterocycles. The lowest BCUT2D eigenvalue weighted by molar-refractivity contribution is 0.123. The van der Waals surface area contributed by atoms with Crippen molar-refractivity contribution < 1.29 is 5.11 Å². The molecule has 20 heavy (non-hydrogen) atoms. The van der Waals surface area contributed by atoms with Gasteiger partial charge in [-0.2, -0.15) is 0 Å². The second-order valence-corrected chi connectivity index (χ2v) is 7.15. The van der Waals surface area contributed by atoms with Crippen LogP contribution in [0.15, 0.2) is 48.5 Å². The fraction of sp³-hybridized carbons (Fsp3) is 0.250. The minimum atomic E-state index is -0.450. The molecule has 0 amide bonds. The van der Waals surface area contributed by atoms with Crippen LogP contribution in [0.25, 0.3) is 0 Å². The van der Waals surface area contributed by atoms with Gasteiger partial charge in [-0.25, -0.2) is 0 Å². The maximum absolute atomic E-state index is 10.4. The Morgan fingerprint density at radius 2 is 1.60 bits per heavy atom. The van der Waals surface area contributed by atoms with Gasteiger partial charge in [0.25, 0.3) is 0 Å². The van der Waals surface area contributed by atoms with E-state index in [2.05, 4.69) is 68.3 Å². The average Bonchev–Trinajstić information content (AvgIpc) is 2.41. The van der Waals surface area contributed by atoms with Gasteiger partial charge in [0.05, 0.1) is 6.10 Å². The van der Waals surface area contributed by atoms with Gasteiger partial charge in [-0.15, -0.1) is 0 Å². The Bertz CT molecular complexity index is 574. The Hall–Kier alpha value is -0.180. The fourth-order valence-corrected chi connectivity index (χ4v) is 3.43. The van der Waals surface area contributed by atoms with E-state index in [1.165, 1.54) is 9.13 Å². The first kappa shape index (κ1) is 16.2. The Labute approximate surface area is 147 Å². The Balaban J connectivity index is 2.00. The van der Waals surface area contributed by atoms with Crippen molar-refractivity contribution in [3.05, 3.63) is 66.8 Å². The minimum absolute atomic E-state index is 0.450. The Morgan fingerprint density at radius 1 is 1.00 bits per heavy atom. The summed E-state index contributed by atoms with van der Waals surface area (Å²) in [7, 11) is 2.04. The molecular weight excluding hydrogens is 476 g/mol. The van der Waals surface area contributed by atoms with E-state index in [4.69, 9.17) is 0 Å². The largest absolute Gasteiger partial charge is 0.387 e. The number of rotatable bonds is 5. The van der Waals surface area contributed by atoms with E-state index < -0.39 is 6.10 Å². The summed E-state index contributed by atoms with van der Waals surface area (Å²) >= 11 is 4.63. The summed E-state index contributed by atoms with van der Waals surface area (Å²) < 4.78 is 2.38. The van der Waals surface area contributed by atoms with Crippen molar-refractivity contribution in [2.45, 2.75) is 12.6 Å². The van der Waals surface area contributed by atoms with Gasteiger partial charge in [-0.1, -0.05) is 36.4 Å². The average molecular weight is 493 g/mol. The number of benzene rings is 2. The topological polar surface area (TPSA) is 23.5 Å².